The smallest absolute Gasteiger partial charge is 0.113 e. The number of hydrogen-bond acceptors (Lipinski definition) is 4. The van der Waals surface area contributed by atoms with Gasteiger partial charge in [0.25, 0.3) is 0 Å². The zero-order valence-electron chi connectivity index (χ0n) is 14.0. The largest absolute Gasteiger partial charge is 0.369 e. The molecule has 0 aromatic carbocycles. The number of fused-ring (bicyclic) bond motifs is 1. The van der Waals surface area contributed by atoms with Crippen molar-refractivity contribution in [2.24, 2.45) is 5.92 Å². The number of anilines is 1. The second-order valence-electron chi connectivity index (χ2n) is 7.04. The minimum atomic E-state index is 0.782. The second kappa shape index (κ2) is 6.49. The van der Waals surface area contributed by atoms with Crippen molar-refractivity contribution in [2.45, 2.75) is 19.3 Å². The zero-order valence-corrected chi connectivity index (χ0v) is 14.0. The number of piperidine rings is 1. The Morgan fingerprint density at radius 2 is 1.96 bits per heavy atom. The summed E-state index contributed by atoms with van der Waals surface area (Å²) >= 11 is 0. The standard InChI is InChI=1S/C18H27N5/c1-21-7-2-15(3-8-21)12-18-20-14-17-13-16(4-9-23(17)18)22-10-5-19-6-11-22/h4,9,13-15,19H,2-3,5-8,10-12H2,1H3. The quantitative estimate of drug-likeness (QED) is 0.934. The van der Waals surface area contributed by atoms with E-state index in [1.165, 1.54) is 43.0 Å². The maximum Gasteiger partial charge on any atom is 0.113 e. The van der Waals surface area contributed by atoms with Crippen LogP contribution in [0.2, 0.25) is 0 Å². The van der Waals surface area contributed by atoms with E-state index in [0.29, 0.717) is 0 Å². The average molecular weight is 313 g/mol. The average Bonchev–Trinajstić information content (AvgIpc) is 3.00. The molecular formula is C18H27N5. The molecule has 0 amide bonds. The normalized spacial score (nSPS) is 21.2. The predicted molar refractivity (Wildman–Crippen MR) is 94.2 cm³/mol. The van der Waals surface area contributed by atoms with Crippen molar-refractivity contribution in [3.8, 4) is 0 Å². The number of pyridine rings is 1. The molecule has 0 spiro atoms. The highest BCUT2D eigenvalue weighted by Crippen LogP contribution is 2.23. The lowest BCUT2D eigenvalue weighted by Crippen LogP contribution is -2.43. The van der Waals surface area contributed by atoms with E-state index in [9.17, 15) is 0 Å². The van der Waals surface area contributed by atoms with Crippen LogP contribution in [0.15, 0.2) is 24.5 Å². The highest BCUT2D eigenvalue weighted by atomic mass is 15.2. The summed E-state index contributed by atoms with van der Waals surface area (Å²) in [6.45, 7) is 6.78. The summed E-state index contributed by atoms with van der Waals surface area (Å²) in [6, 6.07) is 4.54. The van der Waals surface area contributed by atoms with Gasteiger partial charge in [-0.05, 0) is 51.0 Å². The van der Waals surface area contributed by atoms with Crippen LogP contribution in [0.1, 0.15) is 18.7 Å². The van der Waals surface area contributed by atoms with Crippen LogP contribution in [0.3, 0.4) is 0 Å². The summed E-state index contributed by atoms with van der Waals surface area (Å²) in [5.41, 5.74) is 2.55. The first kappa shape index (κ1) is 15.0. The summed E-state index contributed by atoms with van der Waals surface area (Å²) in [6.07, 6.45) is 7.95. The lowest BCUT2D eigenvalue weighted by molar-refractivity contribution is 0.217. The van der Waals surface area contributed by atoms with Crippen molar-refractivity contribution in [3.05, 3.63) is 30.4 Å². The van der Waals surface area contributed by atoms with Crippen LogP contribution in [0.4, 0.5) is 5.69 Å². The molecule has 0 atom stereocenters. The summed E-state index contributed by atoms with van der Waals surface area (Å²) in [5.74, 6) is 2.01. The zero-order chi connectivity index (χ0) is 15.6. The number of nitrogens with zero attached hydrogens (tertiary/aromatic N) is 4. The number of imidazole rings is 1. The van der Waals surface area contributed by atoms with Crippen LogP contribution in [0, 0.1) is 5.92 Å². The molecule has 0 aliphatic carbocycles. The first-order valence-electron chi connectivity index (χ1n) is 8.90. The minimum Gasteiger partial charge on any atom is -0.369 e. The molecule has 0 radical (unpaired) electrons. The first-order valence-corrected chi connectivity index (χ1v) is 8.90. The van der Waals surface area contributed by atoms with Crippen LogP contribution in [-0.2, 0) is 6.42 Å². The number of aromatic nitrogens is 2. The Bertz CT molecular complexity index is 650. The fourth-order valence-corrected chi connectivity index (χ4v) is 3.84. The fraction of sp³-hybridized carbons (Fsp3) is 0.611. The van der Waals surface area contributed by atoms with Gasteiger partial charge in [-0.1, -0.05) is 0 Å². The molecule has 0 bridgehead atoms. The molecule has 2 aliphatic heterocycles. The molecule has 2 saturated heterocycles. The molecule has 0 unspecified atom stereocenters. The van der Waals surface area contributed by atoms with Gasteiger partial charge in [0.15, 0.2) is 0 Å². The molecule has 4 heterocycles. The molecule has 124 valence electrons. The molecule has 5 heteroatoms. The van der Waals surface area contributed by atoms with Gasteiger partial charge in [-0.15, -0.1) is 0 Å². The van der Waals surface area contributed by atoms with Gasteiger partial charge in [-0.3, -0.25) is 0 Å². The Morgan fingerprint density at radius 1 is 1.17 bits per heavy atom. The van der Waals surface area contributed by atoms with E-state index in [2.05, 4.69) is 44.9 Å². The van der Waals surface area contributed by atoms with Crippen molar-refractivity contribution >= 4 is 11.2 Å². The van der Waals surface area contributed by atoms with Gasteiger partial charge in [0.1, 0.15) is 5.82 Å². The van der Waals surface area contributed by atoms with Crippen LogP contribution in [-0.4, -0.2) is 60.6 Å². The van der Waals surface area contributed by atoms with Gasteiger partial charge in [0.2, 0.25) is 0 Å². The SMILES string of the molecule is CN1CCC(Cc2ncc3cc(N4CCNCC4)ccn23)CC1. The maximum atomic E-state index is 4.71. The third-order valence-corrected chi connectivity index (χ3v) is 5.38. The summed E-state index contributed by atoms with van der Waals surface area (Å²) in [7, 11) is 2.22. The molecular weight excluding hydrogens is 286 g/mol. The first-order chi connectivity index (χ1) is 11.3. The molecule has 2 fully saturated rings. The Kier molecular flexibility index (Phi) is 4.23. The second-order valence-corrected chi connectivity index (χ2v) is 7.04. The van der Waals surface area contributed by atoms with Crippen molar-refractivity contribution in [2.75, 3.05) is 51.2 Å². The molecule has 2 aromatic heterocycles. The van der Waals surface area contributed by atoms with Crippen LogP contribution >= 0.6 is 0 Å². The summed E-state index contributed by atoms with van der Waals surface area (Å²) in [5, 5.41) is 3.41. The van der Waals surface area contributed by atoms with Crippen molar-refractivity contribution in [3.63, 3.8) is 0 Å². The number of piperazine rings is 1. The van der Waals surface area contributed by atoms with Crippen LogP contribution < -0.4 is 10.2 Å². The fourth-order valence-electron chi connectivity index (χ4n) is 3.84. The van der Waals surface area contributed by atoms with Gasteiger partial charge in [-0.2, -0.15) is 0 Å². The topological polar surface area (TPSA) is 35.8 Å². The highest BCUT2D eigenvalue weighted by Gasteiger charge is 2.19. The van der Waals surface area contributed by atoms with E-state index < -0.39 is 0 Å². The Balaban J connectivity index is 1.50. The summed E-state index contributed by atoms with van der Waals surface area (Å²) < 4.78 is 2.28. The maximum absolute atomic E-state index is 4.71. The molecule has 4 rings (SSSR count). The van der Waals surface area contributed by atoms with Crippen molar-refractivity contribution < 1.29 is 0 Å². The number of likely N-dealkylation sites (tertiary alicyclic amines) is 1. The van der Waals surface area contributed by atoms with E-state index in [0.717, 1.165) is 38.5 Å². The van der Waals surface area contributed by atoms with E-state index >= 15 is 0 Å². The lowest BCUT2D eigenvalue weighted by atomic mass is 9.93. The van der Waals surface area contributed by atoms with E-state index in [4.69, 9.17) is 4.98 Å². The lowest BCUT2D eigenvalue weighted by Gasteiger charge is -2.29. The molecule has 1 N–H and O–H groups in total. The Hall–Kier alpha value is -1.59. The number of rotatable bonds is 3. The van der Waals surface area contributed by atoms with Gasteiger partial charge in [0, 0.05) is 44.5 Å². The number of hydrogen-bond donors (Lipinski definition) is 1. The van der Waals surface area contributed by atoms with Gasteiger partial charge >= 0.3 is 0 Å². The van der Waals surface area contributed by atoms with Gasteiger partial charge in [0.05, 0.1) is 11.7 Å². The van der Waals surface area contributed by atoms with E-state index in [1.54, 1.807) is 0 Å². The van der Waals surface area contributed by atoms with Crippen LogP contribution in [0.5, 0.6) is 0 Å². The van der Waals surface area contributed by atoms with Gasteiger partial charge in [-0.25, -0.2) is 4.98 Å². The number of nitrogens with one attached hydrogen (secondary N) is 1. The third-order valence-electron chi connectivity index (χ3n) is 5.38. The monoisotopic (exact) mass is 313 g/mol. The molecule has 2 aromatic rings. The van der Waals surface area contributed by atoms with Gasteiger partial charge < -0.3 is 19.5 Å². The third kappa shape index (κ3) is 3.21. The predicted octanol–water partition coefficient (Wildman–Crippen LogP) is 1.63. The Morgan fingerprint density at radius 3 is 2.74 bits per heavy atom. The molecule has 5 nitrogen and oxygen atoms in total. The Labute approximate surface area is 138 Å². The molecule has 2 aliphatic rings. The van der Waals surface area contributed by atoms with Crippen molar-refractivity contribution in [1.82, 2.24) is 19.6 Å². The molecule has 23 heavy (non-hydrogen) atoms. The summed E-state index contributed by atoms with van der Waals surface area (Å²) in [4.78, 5) is 9.60. The van der Waals surface area contributed by atoms with E-state index in [1.807, 2.05) is 6.20 Å². The minimum absolute atomic E-state index is 0.782. The van der Waals surface area contributed by atoms with E-state index in [-0.39, 0.29) is 0 Å². The van der Waals surface area contributed by atoms with Crippen molar-refractivity contribution in [1.29, 1.82) is 0 Å². The highest BCUT2D eigenvalue weighted by molar-refractivity contribution is 5.59. The van der Waals surface area contributed by atoms with Crippen LogP contribution in [0.25, 0.3) is 5.52 Å². The molecule has 0 saturated carbocycles.